The minimum Gasteiger partial charge on any atom is -0.394 e. The van der Waals surface area contributed by atoms with Crippen LogP contribution in [0.5, 0.6) is 0 Å². The Morgan fingerprint density at radius 3 is 1.27 bits per heavy atom. The number of imidazole rings is 1. The molecule has 0 atom stereocenters. The highest BCUT2D eigenvalue weighted by Gasteiger charge is 2.36. The van der Waals surface area contributed by atoms with Crippen LogP contribution in [0.1, 0.15) is 268 Å². The second kappa shape index (κ2) is 66.2. The highest BCUT2D eigenvalue weighted by atomic mass is 16.5. The number of nitrogens with one attached hydrogen (secondary N) is 5. The summed E-state index contributed by atoms with van der Waals surface area (Å²) in [4.78, 5) is 111. The molecule has 0 spiro atoms. The number of ether oxygens (including phenoxy) is 5. The molecule has 8 aliphatic rings. The molecule has 8 N–H and O–H groups in total. The van der Waals surface area contributed by atoms with Gasteiger partial charge in [-0.05, 0) is 286 Å². The van der Waals surface area contributed by atoms with Crippen molar-refractivity contribution in [3.8, 4) is 0 Å². The maximum Gasteiger partial charge on any atom is 0.251 e. The van der Waals surface area contributed by atoms with E-state index in [0.29, 0.717) is 50.2 Å². The van der Waals surface area contributed by atoms with Gasteiger partial charge in [-0.25, -0.2) is 4.98 Å². The van der Waals surface area contributed by atoms with Gasteiger partial charge >= 0.3 is 0 Å². The molecule has 32 nitrogen and oxygen atoms in total. The Morgan fingerprint density at radius 2 is 0.916 bits per heavy atom. The van der Waals surface area contributed by atoms with Crippen LogP contribution < -0.4 is 32.3 Å². The van der Waals surface area contributed by atoms with E-state index in [2.05, 4.69) is 253 Å². The molecule has 830 valence electrons. The molecule has 6 fully saturated rings. The molecule has 0 bridgehead atoms. The first kappa shape index (κ1) is 135. The summed E-state index contributed by atoms with van der Waals surface area (Å²) in [5.41, 5.74) is 11.9. The first-order valence-electron chi connectivity index (χ1n) is 53.2. The van der Waals surface area contributed by atoms with Crippen molar-refractivity contribution in [1.29, 1.82) is 0 Å². The lowest BCUT2D eigenvalue weighted by molar-refractivity contribution is -0.141. The van der Waals surface area contributed by atoms with Crippen LogP contribution in [0.3, 0.4) is 0 Å². The molecule has 143 heavy (non-hydrogen) atoms. The van der Waals surface area contributed by atoms with E-state index in [1.54, 1.807) is 7.05 Å². The number of hydrogen-bond donors (Lipinski definition) is 7. The van der Waals surface area contributed by atoms with Gasteiger partial charge in [0.15, 0.2) is 0 Å². The summed E-state index contributed by atoms with van der Waals surface area (Å²) in [7, 11) is 11.8. The first-order valence-corrected chi connectivity index (χ1v) is 53.2. The van der Waals surface area contributed by atoms with E-state index in [1.807, 2.05) is 136 Å². The van der Waals surface area contributed by atoms with Crippen LogP contribution in [0.2, 0.25) is 0 Å². The van der Waals surface area contributed by atoms with Crippen LogP contribution in [-0.4, -0.2) is 422 Å². The van der Waals surface area contributed by atoms with Gasteiger partial charge < -0.3 is 100.0 Å². The normalized spacial score (nSPS) is 18.0. The van der Waals surface area contributed by atoms with Crippen LogP contribution in [0.15, 0.2) is 60.1 Å². The average molecular weight is 2020 g/mol. The number of carbonyl (C=O) groups is 7. The standard InChI is InChI=1S/C16H29N3O.C15H29N3O.C15H26N2O2.C14H29N3O.C13H20N2O.C10H20N2O2.C8H14N2.C7H15NO2.C7H17NO.C6H14O2/c1-16(2,3)14-5-7-19(8-6-14)15(20)13-18-11-9-17(4)10-12-18;1-15(2,3)18-7-5-13(6-8-18)14(19)17-11-9-16(4)10-12-17;1-15(2,3)13-4-6-17(7-5-13)14(18)12-16-8-10-19-11-9-16;1-14(2,3)17-9-6-12(7-10-17)13(18)15-8-11-16(4)5;1-13(2,3)11-6-4-10(5-7-11)12(16)15-9-8-14;1-10(2,3)14-8-9(13)12-6-4-11-5-7-12;1-7-5-10(6-9-7)8(2,3)4;1-7(2,3)10-5-6(9)8-4;1-7(2,3)9-6-5-8-4;1-6(2,3)8-5-4-7/h5H,6-13H2,1-4H3;13H,5-12H2,1-4H3;4H,5-12H2,1-3H3;12H,6-11H2,1-5H3,(H,15,18);4-7H,8-9,14H2,1-3H3,(H,15,16);11H,4-8H2,1-3H3;5-6H,1-4H3;5H2,1-4H3,(H,8,9);8H,5-6H2,1-4H3;7H,4-5H2,1-3H3. The zero-order valence-corrected chi connectivity index (χ0v) is 97.7. The van der Waals surface area contributed by atoms with E-state index in [1.165, 1.54) is 16.7 Å². The molecular formula is C111H213N19O13. The number of rotatable bonds is 21. The third-order valence-corrected chi connectivity index (χ3v) is 25.2. The highest BCUT2D eigenvalue weighted by molar-refractivity contribution is 5.94. The lowest BCUT2D eigenvalue weighted by Crippen LogP contribution is -2.52. The van der Waals surface area contributed by atoms with E-state index < -0.39 is 0 Å². The van der Waals surface area contributed by atoms with Gasteiger partial charge in [-0.1, -0.05) is 97.7 Å². The number of aliphatic hydroxyl groups is 1. The van der Waals surface area contributed by atoms with E-state index in [0.717, 1.165) is 228 Å². The smallest absolute Gasteiger partial charge is 0.251 e. The molecular weight excluding hydrogens is 1810 g/mol. The highest BCUT2D eigenvalue weighted by Crippen LogP contribution is 2.33. The quantitative estimate of drug-likeness (QED) is 0.0451. The first-order chi connectivity index (χ1) is 66.0. The van der Waals surface area contributed by atoms with Crippen molar-refractivity contribution in [3.05, 3.63) is 76.9 Å². The van der Waals surface area contributed by atoms with Crippen molar-refractivity contribution in [2.24, 2.45) is 28.4 Å². The van der Waals surface area contributed by atoms with Gasteiger partial charge in [-0.2, -0.15) is 0 Å². The van der Waals surface area contributed by atoms with Crippen molar-refractivity contribution in [2.75, 3.05) is 278 Å². The molecule has 1 aromatic heterocycles. The van der Waals surface area contributed by atoms with Gasteiger partial charge in [-0.15, -0.1) is 0 Å². The summed E-state index contributed by atoms with van der Waals surface area (Å²) in [5.74, 6) is 1.62. The van der Waals surface area contributed by atoms with Crippen LogP contribution >= 0.6 is 0 Å². The van der Waals surface area contributed by atoms with Gasteiger partial charge in [0.1, 0.15) is 13.2 Å². The third kappa shape index (κ3) is 63.2. The fraction of sp³-hybridized carbons (Fsp3) is 0.820. The minimum absolute atomic E-state index is 0.0108. The number of carbonyl (C=O) groups excluding carboxylic acids is 7. The number of morpholine rings is 1. The van der Waals surface area contributed by atoms with Crippen molar-refractivity contribution < 1.29 is 62.4 Å². The fourth-order valence-electron chi connectivity index (χ4n) is 15.6. The summed E-state index contributed by atoms with van der Waals surface area (Å²) < 4.78 is 28.6. The molecule has 9 heterocycles. The summed E-state index contributed by atoms with van der Waals surface area (Å²) in [6.45, 7) is 94.1. The Balaban J connectivity index is 0.000000805. The Labute approximate surface area is 870 Å². The zero-order valence-electron chi connectivity index (χ0n) is 97.7. The number of aryl methyl sites for hydroxylation is 1. The fourth-order valence-corrected chi connectivity index (χ4v) is 15.6. The third-order valence-electron chi connectivity index (χ3n) is 25.2. The van der Waals surface area contributed by atoms with Gasteiger partial charge in [0.2, 0.25) is 35.4 Å². The second-order valence-electron chi connectivity index (χ2n) is 49.0. The molecule has 0 unspecified atom stereocenters. The number of piperidine rings is 2. The van der Waals surface area contributed by atoms with Crippen LogP contribution in [-0.2, 0) is 63.4 Å². The summed E-state index contributed by atoms with van der Waals surface area (Å²) in [6.07, 6.45) is 14.5. The second-order valence-corrected chi connectivity index (χ2v) is 49.0. The molecule has 1 aromatic carbocycles. The molecule has 0 radical (unpaired) electrons. The molecule has 0 aliphatic carbocycles. The average Bonchev–Trinajstić information content (AvgIpc) is 1.76. The number of aromatic nitrogens is 2. The lowest BCUT2D eigenvalue weighted by atomic mass is 9.83. The van der Waals surface area contributed by atoms with Crippen molar-refractivity contribution in [2.45, 2.75) is 298 Å². The minimum atomic E-state index is -0.232. The largest absolute Gasteiger partial charge is 0.394 e. The topological polar surface area (TPSA) is 326 Å². The Morgan fingerprint density at radius 1 is 0.483 bits per heavy atom. The molecule has 32 heteroatoms. The molecule has 8 aliphatic heterocycles. The Kier molecular flexibility index (Phi) is 62.3. The number of amides is 7. The van der Waals surface area contributed by atoms with E-state index in [-0.39, 0.29) is 116 Å². The van der Waals surface area contributed by atoms with Crippen molar-refractivity contribution >= 4 is 41.4 Å². The number of nitrogens with two attached hydrogens (primary N) is 1. The Hall–Kier alpha value is -6.44. The Bertz CT molecular complexity index is 3890. The maximum absolute atomic E-state index is 12.5. The number of benzene rings is 1. The number of aliphatic hydroxyl groups excluding tert-OH is 1. The maximum atomic E-state index is 12.5. The van der Waals surface area contributed by atoms with Crippen LogP contribution in [0, 0.1) is 29.6 Å². The van der Waals surface area contributed by atoms with Crippen molar-refractivity contribution in [1.82, 2.24) is 90.0 Å². The number of likely N-dealkylation sites (N-methyl/N-ethyl adjacent to an activating group) is 5. The number of hydrogen-bond acceptors (Lipinski definition) is 24. The summed E-state index contributed by atoms with van der Waals surface area (Å²) >= 11 is 0. The lowest BCUT2D eigenvalue weighted by Gasteiger charge is -2.42. The molecule has 0 saturated carbocycles. The molecule has 10 rings (SSSR count). The number of nitrogens with zero attached hydrogens (tertiary/aromatic N) is 13. The van der Waals surface area contributed by atoms with Gasteiger partial charge in [-0.3, -0.25) is 53.2 Å². The number of likely N-dealkylation sites (tertiary alicyclic amines) is 2. The molecule has 7 amide bonds. The molecule has 6 saturated heterocycles. The zero-order chi connectivity index (χ0) is 109. The van der Waals surface area contributed by atoms with Gasteiger partial charge in [0.05, 0.1) is 80.5 Å². The van der Waals surface area contributed by atoms with Gasteiger partial charge in [0, 0.05) is 198 Å². The SMILES string of the molecule is CC(C)(C)C1=CCN(C(=O)CN2CCOCC2)CC1.CC(C)(C)OCC(=O)N1CCNCC1.CC(C)(C)OCCO.CC(C)(C)c1ccc(C(=O)NCCN)cc1.CN(C)CCNC(=O)C1CCN(C(C)(C)C)CC1.CN1CCN(C(=O)C2CCN(C(C)(C)C)CC2)CC1.CN1CCN(CC(=O)N2CC=C(C(C)(C)C)CC2)CC1.CNC(=O)COC(C)(C)C.CNCCOC(C)(C)C.Cc1cn(C(C)(C)C)cn1. The summed E-state index contributed by atoms with van der Waals surface area (Å²) in [5, 5.41) is 22.8. The monoisotopic (exact) mass is 2020 g/mol. The predicted octanol–water partition coefficient (Wildman–Crippen LogP) is 11.6. The van der Waals surface area contributed by atoms with Crippen molar-refractivity contribution in [3.63, 3.8) is 0 Å². The van der Waals surface area contributed by atoms with Crippen LogP contribution in [0.25, 0.3) is 0 Å². The predicted molar refractivity (Wildman–Crippen MR) is 588 cm³/mol. The number of piperazine rings is 3. The van der Waals surface area contributed by atoms with Gasteiger partial charge in [0.25, 0.3) is 5.91 Å². The van der Waals surface area contributed by atoms with E-state index in [4.69, 9.17) is 34.5 Å². The van der Waals surface area contributed by atoms with E-state index >= 15 is 0 Å². The summed E-state index contributed by atoms with van der Waals surface area (Å²) in [6, 6.07) is 7.70. The van der Waals surface area contributed by atoms with Crippen LogP contribution in [0.4, 0.5) is 0 Å². The van der Waals surface area contributed by atoms with E-state index in [9.17, 15) is 33.6 Å². The molecule has 2 aromatic rings.